The van der Waals surface area contributed by atoms with Crippen molar-refractivity contribution in [1.29, 1.82) is 0 Å². The van der Waals surface area contributed by atoms with Crippen molar-refractivity contribution in [2.24, 2.45) is 11.7 Å². The number of nitrogens with one attached hydrogen (secondary N) is 1. The summed E-state index contributed by atoms with van der Waals surface area (Å²) in [6, 6.07) is 1.91. The lowest BCUT2D eigenvalue weighted by Crippen LogP contribution is -2.55. The van der Waals surface area contributed by atoms with Gasteiger partial charge in [-0.1, -0.05) is 13.8 Å². The van der Waals surface area contributed by atoms with E-state index in [1.807, 2.05) is 20.8 Å². The highest BCUT2D eigenvalue weighted by molar-refractivity contribution is 14.1. The molecule has 106 valence electrons. The van der Waals surface area contributed by atoms with Crippen LogP contribution in [-0.4, -0.2) is 18.0 Å². The molecule has 1 aromatic rings. The molecule has 1 aromatic carbocycles. The number of carbonyl (C=O) groups is 1. The van der Waals surface area contributed by atoms with Crippen LogP contribution < -0.4 is 11.1 Å². The molecule has 6 heteroatoms. The Balaban J connectivity index is 3.05. The zero-order valence-corrected chi connectivity index (χ0v) is 13.2. The fourth-order valence-electron chi connectivity index (χ4n) is 1.45. The quantitative estimate of drug-likeness (QED) is 0.622. The molecule has 0 saturated heterocycles. The maximum atomic E-state index is 13.2. The molecule has 0 spiro atoms. The molecule has 1 amide bonds. The molecule has 0 radical (unpaired) electrons. The van der Waals surface area contributed by atoms with Crippen LogP contribution in [0.15, 0.2) is 12.1 Å². The monoisotopic (exact) mass is 382 g/mol. The Hall–Kier alpha value is -0.760. The molecular weight excluding hydrogens is 365 g/mol. The smallest absolute Gasteiger partial charge is 0.252 e. The van der Waals surface area contributed by atoms with Gasteiger partial charge >= 0.3 is 0 Å². The lowest BCUT2D eigenvalue weighted by Gasteiger charge is -2.33. The van der Waals surface area contributed by atoms with E-state index in [1.165, 1.54) is 0 Å². The predicted molar refractivity (Wildman–Crippen MR) is 78.8 cm³/mol. The third-order valence-corrected chi connectivity index (χ3v) is 4.24. The maximum Gasteiger partial charge on any atom is 0.252 e. The van der Waals surface area contributed by atoms with Gasteiger partial charge in [-0.15, -0.1) is 0 Å². The van der Waals surface area contributed by atoms with Crippen LogP contribution in [0.4, 0.5) is 8.78 Å². The van der Waals surface area contributed by atoms with E-state index in [0.29, 0.717) is 3.57 Å². The van der Waals surface area contributed by atoms with Crippen LogP contribution >= 0.6 is 22.6 Å². The third-order valence-electron chi connectivity index (χ3n) is 3.35. The van der Waals surface area contributed by atoms with E-state index in [0.717, 1.165) is 12.1 Å². The van der Waals surface area contributed by atoms with Gasteiger partial charge < -0.3 is 11.1 Å². The van der Waals surface area contributed by atoms with Crippen LogP contribution in [0.3, 0.4) is 0 Å². The molecule has 19 heavy (non-hydrogen) atoms. The number of hydrogen-bond acceptors (Lipinski definition) is 2. The summed E-state index contributed by atoms with van der Waals surface area (Å²) in [5.74, 6) is -2.34. The summed E-state index contributed by atoms with van der Waals surface area (Å²) in [5.41, 5.74) is 5.19. The molecule has 0 heterocycles. The highest BCUT2D eigenvalue weighted by Crippen LogP contribution is 2.20. The van der Waals surface area contributed by atoms with Gasteiger partial charge in [0.1, 0.15) is 0 Å². The minimum absolute atomic E-state index is 0.111. The fourth-order valence-corrected chi connectivity index (χ4v) is 2.13. The van der Waals surface area contributed by atoms with E-state index in [4.69, 9.17) is 5.73 Å². The van der Waals surface area contributed by atoms with E-state index < -0.39 is 23.1 Å². The molecule has 1 unspecified atom stereocenters. The Kier molecular flexibility index (Phi) is 5.26. The first-order valence-electron chi connectivity index (χ1n) is 5.88. The summed E-state index contributed by atoms with van der Waals surface area (Å²) in [6.45, 7) is 5.95. The SMILES string of the molecule is CC(C)C(C)(CN)NC(=O)c1cc(F)c(F)cc1I. The van der Waals surface area contributed by atoms with Gasteiger partial charge in [0.15, 0.2) is 11.6 Å². The minimum atomic E-state index is -1.04. The van der Waals surface area contributed by atoms with Gasteiger partial charge in [-0.25, -0.2) is 8.78 Å². The molecule has 3 nitrogen and oxygen atoms in total. The standard InChI is InChI=1S/C13H17F2IN2O/c1-7(2)13(3,6-17)18-12(19)8-4-9(14)10(15)5-11(8)16/h4-5,7H,6,17H2,1-3H3,(H,18,19). The lowest BCUT2D eigenvalue weighted by atomic mass is 9.88. The average molecular weight is 382 g/mol. The Bertz CT molecular complexity index is 494. The second-order valence-corrected chi connectivity index (χ2v) is 6.14. The van der Waals surface area contributed by atoms with E-state index >= 15 is 0 Å². The Morgan fingerprint density at radius 3 is 2.42 bits per heavy atom. The molecule has 0 aromatic heterocycles. The summed E-state index contributed by atoms with van der Waals surface area (Å²) in [7, 11) is 0. The lowest BCUT2D eigenvalue weighted by molar-refractivity contribution is 0.0881. The molecule has 0 bridgehead atoms. The minimum Gasteiger partial charge on any atom is -0.345 e. The molecule has 0 saturated carbocycles. The molecule has 0 aliphatic heterocycles. The normalized spacial score (nSPS) is 14.3. The summed E-state index contributed by atoms with van der Waals surface area (Å²) in [6.07, 6.45) is 0. The highest BCUT2D eigenvalue weighted by Gasteiger charge is 2.29. The highest BCUT2D eigenvalue weighted by atomic mass is 127. The number of hydrogen-bond donors (Lipinski definition) is 2. The van der Waals surface area contributed by atoms with Crippen molar-refractivity contribution >= 4 is 28.5 Å². The molecule has 1 rings (SSSR count). The van der Waals surface area contributed by atoms with Crippen molar-refractivity contribution in [3.05, 3.63) is 32.9 Å². The van der Waals surface area contributed by atoms with E-state index in [2.05, 4.69) is 5.32 Å². The van der Waals surface area contributed by atoms with Crippen molar-refractivity contribution in [2.75, 3.05) is 6.54 Å². The van der Waals surface area contributed by atoms with E-state index in [1.54, 1.807) is 22.6 Å². The molecular formula is C13H17F2IN2O. The van der Waals surface area contributed by atoms with Crippen molar-refractivity contribution in [1.82, 2.24) is 5.32 Å². The number of carbonyl (C=O) groups excluding carboxylic acids is 1. The Morgan fingerprint density at radius 2 is 1.95 bits per heavy atom. The van der Waals surface area contributed by atoms with Gasteiger partial charge in [0.05, 0.1) is 11.1 Å². The van der Waals surface area contributed by atoms with E-state index in [9.17, 15) is 13.6 Å². The summed E-state index contributed by atoms with van der Waals surface area (Å²) < 4.78 is 26.6. The first-order chi connectivity index (χ1) is 8.71. The number of amides is 1. The van der Waals surface area contributed by atoms with Crippen LogP contribution in [-0.2, 0) is 0 Å². The van der Waals surface area contributed by atoms with Crippen LogP contribution in [0.25, 0.3) is 0 Å². The van der Waals surface area contributed by atoms with Crippen molar-refractivity contribution in [3.8, 4) is 0 Å². The summed E-state index contributed by atoms with van der Waals surface area (Å²) in [4.78, 5) is 12.1. The first-order valence-corrected chi connectivity index (χ1v) is 6.96. The van der Waals surface area contributed by atoms with Crippen molar-refractivity contribution < 1.29 is 13.6 Å². The Labute approximate surface area is 125 Å². The second kappa shape index (κ2) is 6.13. The van der Waals surface area contributed by atoms with Gasteiger partial charge in [0.2, 0.25) is 0 Å². The van der Waals surface area contributed by atoms with E-state index in [-0.39, 0.29) is 18.0 Å². The molecule has 0 aliphatic carbocycles. The zero-order chi connectivity index (χ0) is 14.8. The van der Waals surface area contributed by atoms with Gasteiger partial charge in [0.25, 0.3) is 5.91 Å². The number of benzene rings is 1. The predicted octanol–water partition coefficient (Wildman–Crippen LogP) is 2.67. The third kappa shape index (κ3) is 3.62. The van der Waals surface area contributed by atoms with Gasteiger partial charge in [0, 0.05) is 10.1 Å². The van der Waals surface area contributed by atoms with Gasteiger partial charge in [-0.3, -0.25) is 4.79 Å². The van der Waals surface area contributed by atoms with Crippen LogP contribution in [0.5, 0.6) is 0 Å². The molecule has 1 atom stereocenters. The summed E-state index contributed by atoms with van der Waals surface area (Å²) >= 11 is 1.80. The summed E-state index contributed by atoms with van der Waals surface area (Å²) in [5, 5.41) is 2.79. The van der Waals surface area contributed by atoms with Crippen LogP contribution in [0, 0.1) is 21.1 Å². The molecule has 3 N–H and O–H groups in total. The first kappa shape index (κ1) is 16.3. The Morgan fingerprint density at radius 1 is 1.42 bits per heavy atom. The maximum absolute atomic E-state index is 13.2. The number of nitrogens with two attached hydrogens (primary N) is 1. The number of rotatable bonds is 4. The topological polar surface area (TPSA) is 55.1 Å². The largest absolute Gasteiger partial charge is 0.345 e. The van der Waals surface area contributed by atoms with Gasteiger partial charge in [-0.2, -0.15) is 0 Å². The van der Waals surface area contributed by atoms with Crippen molar-refractivity contribution in [2.45, 2.75) is 26.3 Å². The zero-order valence-electron chi connectivity index (χ0n) is 11.1. The van der Waals surface area contributed by atoms with Gasteiger partial charge in [-0.05, 0) is 47.6 Å². The number of halogens is 3. The van der Waals surface area contributed by atoms with Crippen LogP contribution in [0.1, 0.15) is 31.1 Å². The fraction of sp³-hybridized carbons (Fsp3) is 0.462. The molecule has 0 aliphatic rings. The molecule has 0 fully saturated rings. The second-order valence-electron chi connectivity index (χ2n) is 4.98. The van der Waals surface area contributed by atoms with Crippen LogP contribution in [0.2, 0.25) is 0 Å². The average Bonchev–Trinajstić information content (AvgIpc) is 2.33. The van der Waals surface area contributed by atoms with Crippen molar-refractivity contribution in [3.63, 3.8) is 0 Å².